The predicted octanol–water partition coefficient (Wildman–Crippen LogP) is 0.205. The second-order valence-corrected chi connectivity index (χ2v) is 4.85. The van der Waals surface area contributed by atoms with E-state index < -0.39 is 11.9 Å². The van der Waals surface area contributed by atoms with E-state index >= 15 is 0 Å². The summed E-state index contributed by atoms with van der Waals surface area (Å²) in [5.41, 5.74) is 6.59. The summed E-state index contributed by atoms with van der Waals surface area (Å²) in [7, 11) is 0. The van der Waals surface area contributed by atoms with Gasteiger partial charge in [0, 0.05) is 33.1 Å². The van der Waals surface area contributed by atoms with Gasteiger partial charge in [-0.2, -0.15) is 0 Å². The Labute approximate surface area is 113 Å². The first-order valence-electron chi connectivity index (χ1n) is 6.40. The van der Waals surface area contributed by atoms with Crippen molar-refractivity contribution in [2.75, 3.05) is 19.6 Å². The van der Waals surface area contributed by atoms with E-state index in [1.807, 2.05) is 18.2 Å². The van der Waals surface area contributed by atoms with Gasteiger partial charge in [-0.05, 0) is 5.56 Å². The van der Waals surface area contributed by atoms with E-state index in [-0.39, 0.29) is 5.91 Å². The van der Waals surface area contributed by atoms with Crippen LogP contribution in [0.15, 0.2) is 30.3 Å². The first kappa shape index (κ1) is 13.5. The Balaban J connectivity index is 2.03. The molecule has 19 heavy (non-hydrogen) atoms. The van der Waals surface area contributed by atoms with Crippen LogP contribution in [0.25, 0.3) is 0 Å². The Morgan fingerprint density at radius 2 is 1.95 bits per heavy atom. The lowest BCUT2D eigenvalue weighted by atomic mass is 10.1. The van der Waals surface area contributed by atoms with Crippen molar-refractivity contribution in [2.45, 2.75) is 19.5 Å². The van der Waals surface area contributed by atoms with Gasteiger partial charge in [0.25, 0.3) is 0 Å². The van der Waals surface area contributed by atoms with Gasteiger partial charge in [-0.1, -0.05) is 30.3 Å². The minimum Gasteiger partial charge on any atom is -0.368 e. The molecule has 2 amide bonds. The SMILES string of the molecule is CC(=O)N1CCN(Cc2ccccc2)CC1C(N)=O. The van der Waals surface area contributed by atoms with Gasteiger partial charge >= 0.3 is 0 Å². The van der Waals surface area contributed by atoms with Gasteiger partial charge in [-0.25, -0.2) is 0 Å². The molecule has 102 valence electrons. The highest BCUT2D eigenvalue weighted by molar-refractivity contribution is 5.86. The summed E-state index contributed by atoms with van der Waals surface area (Å²) < 4.78 is 0. The van der Waals surface area contributed by atoms with E-state index in [0.717, 1.165) is 13.1 Å². The molecule has 1 heterocycles. The number of hydrogen-bond donors (Lipinski definition) is 1. The minimum absolute atomic E-state index is 0.0943. The van der Waals surface area contributed by atoms with Crippen LogP contribution < -0.4 is 5.73 Å². The van der Waals surface area contributed by atoms with Crippen molar-refractivity contribution < 1.29 is 9.59 Å². The Morgan fingerprint density at radius 3 is 2.53 bits per heavy atom. The molecule has 5 nitrogen and oxygen atoms in total. The van der Waals surface area contributed by atoms with Gasteiger partial charge in [0.2, 0.25) is 11.8 Å². The molecule has 1 saturated heterocycles. The molecule has 0 spiro atoms. The van der Waals surface area contributed by atoms with Crippen LogP contribution in [0.5, 0.6) is 0 Å². The van der Waals surface area contributed by atoms with Crippen molar-refractivity contribution in [2.24, 2.45) is 5.73 Å². The second kappa shape index (κ2) is 5.84. The zero-order valence-corrected chi connectivity index (χ0v) is 11.1. The second-order valence-electron chi connectivity index (χ2n) is 4.85. The third-order valence-corrected chi connectivity index (χ3v) is 3.45. The van der Waals surface area contributed by atoms with Crippen molar-refractivity contribution in [3.63, 3.8) is 0 Å². The van der Waals surface area contributed by atoms with Gasteiger partial charge in [0.15, 0.2) is 0 Å². The van der Waals surface area contributed by atoms with Gasteiger partial charge < -0.3 is 10.6 Å². The average Bonchev–Trinajstić information content (AvgIpc) is 2.39. The topological polar surface area (TPSA) is 66.6 Å². The van der Waals surface area contributed by atoms with Crippen LogP contribution >= 0.6 is 0 Å². The fourth-order valence-corrected chi connectivity index (χ4v) is 2.45. The summed E-state index contributed by atoms with van der Waals surface area (Å²) in [5.74, 6) is -0.531. The van der Waals surface area contributed by atoms with E-state index in [9.17, 15) is 9.59 Å². The molecule has 0 bridgehead atoms. The highest BCUT2D eigenvalue weighted by atomic mass is 16.2. The van der Waals surface area contributed by atoms with Crippen molar-refractivity contribution in [1.82, 2.24) is 9.80 Å². The van der Waals surface area contributed by atoms with Crippen LogP contribution in [-0.4, -0.2) is 47.3 Å². The number of hydrogen-bond acceptors (Lipinski definition) is 3. The van der Waals surface area contributed by atoms with E-state index in [4.69, 9.17) is 5.73 Å². The molecule has 0 aliphatic carbocycles. The molecule has 1 aromatic carbocycles. The Kier molecular flexibility index (Phi) is 4.16. The smallest absolute Gasteiger partial charge is 0.241 e. The van der Waals surface area contributed by atoms with Crippen LogP contribution in [0.4, 0.5) is 0 Å². The number of benzene rings is 1. The van der Waals surface area contributed by atoms with Crippen molar-refractivity contribution in [1.29, 1.82) is 0 Å². The third-order valence-electron chi connectivity index (χ3n) is 3.45. The summed E-state index contributed by atoms with van der Waals surface area (Å²) >= 11 is 0. The van der Waals surface area contributed by atoms with E-state index in [1.165, 1.54) is 12.5 Å². The number of carbonyl (C=O) groups is 2. The normalized spacial score (nSPS) is 20.3. The Morgan fingerprint density at radius 1 is 1.26 bits per heavy atom. The fraction of sp³-hybridized carbons (Fsp3) is 0.429. The molecule has 1 aliphatic heterocycles. The number of nitrogens with zero attached hydrogens (tertiary/aromatic N) is 2. The van der Waals surface area contributed by atoms with Gasteiger partial charge in [0.05, 0.1) is 0 Å². The predicted molar refractivity (Wildman–Crippen MR) is 72.1 cm³/mol. The first-order chi connectivity index (χ1) is 9.08. The molecule has 0 saturated carbocycles. The van der Waals surface area contributed by atoms with Crippen molar-refractivity contribution in [3.8, 4) is 0 Å². The third kappa shape index (κ3) is 3.32. The van der Waals surface area contributed by atoms with Crippen LogP contribution in [-0.2, 0) is 16.1 Å². The molecule has 5 heteroatoms. The molecule has 2 N–H and O–H groups in total. The Bertz CT molecular complexity index is 461. The zero-order valence-electron chi connectivity index (χ0n) is 11.1. The molecule has 2 rings (SSSR count). The molecule has 0 radical (unpaired) electrons. The van der Waals surface area contributed by atoms with Crippen molar-refractivity contribution in [3.05, 3.63) is 35.9 Å². The highest BCUT2D eigenvalue weighted by Crippen LogP contribution is 2.13. The standard InChI is InChI=1S/C14H19N3O2/c1-11(18)17-8-7-16(10-13(17)14(15)19)9-12-5-3-2-4-6-12/h2-6,13H,7-10H2,1H3,(H2,15,19). The fourth-order valence-electron chi connectivity index (χ4n) is 2.45. The lowest BCUT2D eigenvalue weighted by Crippen LogP contribution is -2.59. The molecular weight excluding hydrogens is 242 g/mol. The number of primary amides is 1. The van der Waals surface area contributed by atoms with Crippen molar-refractivity contribution >= 4 is 11.8 Å². The molecule has 1 atom stereocenters. The Hall–Kier alpha value is -1.88. The van der Waals surface area contributed by atoms with Gasteiger partial charge in [-0.3, -0.25) is 14.5 Å². The average molecular weight is 261 g/mol. The maximum atomic E-state index is 11.5. The van der Waals surface area contributed by atoms with E-state index in [1.54, 1.807) is 4.90 Å². The van der Waals surface area contributed by atoms with Crippen LogP contribution in [0.2, 0.25) is 0 Å². The van der Waals surface area contributed by atoms with Crippen LogP contribution in [0.1, 0.15) is 12.5 Å². The zero-order chi connectivity index (χ0) is 13.8. The van der Waals surface area contributed by atoms with Crippen LogP contribution in [0.3, 0.4) is 0 Å². The number of piperazine rings is 1. The summed E-state index contributed by atoms with van der Waals surface area (Å²) in [4.78, 5) is 26.7. The molecule has 1 aromatic rings. The first-order valence-corrected chi connectivity index (χ1v) is 6.40. The number of carbonyl (C=O) groups excluding carboxylic acids is 2. The molecular formula is C14H19N3O2. The van der Waals surface area contributed by atoms with Crippen LogP contribution in [0, 0.1) is 0 Å². The summed E-state index contributed by atoms with van der Waals surface area (Å²) in [6.45, 7) is 4.07. The maximum absolute atomic E-state index is 11.5. The lowest BCUT2D eigenvalue weighted by molar-refractivity contribution is -0.141. The van der Waals surface area contributed by atoms with E-state index in [0.29, 0.717) is 13.1 Å². The summed E-state index contributed by atoms with van der Waals surface area (Å²) in [6, 6.07) is 9.55. The summed E-state index contributed by atoms with van der Waals surface area (Å²) in [5, 5.41) is 0. The minimum atomic E-state index is -0.519. The highest BCUT2D eigenvalue weighted by Gasteiger charge is 2.32. The number of nitrogens with two attached hydrogens (primary N) is 1. The molecule has 1 aliphatic rings. The number of amides is 2. The quantitative estimate of drug-likeness (QED) is 0.845. The van der Waals surface area contributed by atoms with Gasteiger partial charge in [-0.15, -0.1) is 0 Å². The number of rotatable bonds is 3. The maximum Gasteiger partial charge on any atom is 0.241 e. The monoisotopic (exact) mass is 261 g/mol. The molecule has 0 aromatic heterocycles. The van der Waals surface area contributed by atoms with E-state index in [2.05, 4.69) is 17.0 Å². The largest absolute Gasteiger partial charge is 0.368 e. The molecule has 1 fully saturated rings. The van der Waals surface area contributed by atoms with Gasteiger partial charge in [0.1, 0.15) is 6.04 Å². The lowest BCUT2D eigenvalue weighted by Gasteiger charge is -2.39. The summed E-state index contributed by atoms with van der Waals surface area (Å²) in [6.07, 6.45) is 0. The molecule has 1 unspecified atom stereocenters.